The lowest BCUT2D eigenvalue weighted by molar-refractivity contribution is -0.138. The monoisotopic (exact) mass is 568 g/mol. The average Bonchev–Trinajstić information content (AvgIpc) is 2.79. The van der Waals surface area contributed by atoms with Crippen LogP contribution >= 0.6 is 0 Å². The van der Waals surface area contributed by atoms with Gasteiger partial charge in [-0.1, -0.05) is 0 Å². The standard InChI is InChI=1S/C21H14F6N2O6S2/c22-20(23,24)13-2-6-15(7-3-13)36(32,33)28-17-10-1-12(19(30)31)11-18(17)29-37(34,35)16-8-4-14(5-9-16)21(25,26)27/h1-11,28-29H,(H,30,31). The maximum Gasteiger partial charge on any atom is 0.416 e. The summed E-state index contributed by atoms with van der Waals surface area (Å²) in [7, 11) is -9.25. The van der Waals surface area contributed by atoms with Crippen LogP contribution in [0.25, 0.3) is 0 Å². The van der Waals surface area contributed by atoms with Gasteiger partial charge in [0, 0.05) is 0 Å². The van der Waals surface area contributed by atoms with Gasteiger partial charge in [-0.15, -0.1) is 0 Å². The van der Waals surface area contributed by atoms with E-state index in [4.69, 9.17) is 0 Å². The first-order valence-electron chi connectivity index (χ1n) is 9.68. The van der Waals surface area contributed by atoms with Crippen molar-refractivity contribution in [3.8, 4) is 0 Å². The second-order valence-electron chi connectivity index (χ2n) is 7.32. The molecular weight excluding hydrogens is 554 g/mol. The van der Waals surface area contributed by atoms with Crippen molar-refractivity contribution in [2.24, 2.45) is 0 Å². The van der Waals surface area contributed by atoms with E-state index in [1.807, 2.05) is 9.44 Å². The first-order chi connectivity index (χ1) is 16.9. The number of carboxylic acids is 1. The molecule has 0 bridgehead atoms. The molecule has 8 nitrogen and oxygen atoms in total. The van der Waals surface area contributed by atoms with Crippen molar-refractivity contribution in [2.75, 3.05) is 9.44 Å². The van der Waals surface area contributed by atoms with Crippen LogP contribution in [0, 0.1) is 0 Å². The van der Waals surface area contributed by atoms with Crippen LogP contribution in [0.15, 0.2) is 76.5 Å². The minimum absolute atomic E-state index is 0.484. The minimum atomic E-state index is -4.74. The summed E-state index contributed by atoms with van der Waals surface area (Å²) in [6.07, 6.45) is -9.47. The molecule has 0 heterocycles. The Hall–Kier alpha value is -3.79. The first-order valence-corrected chi connectivity index (χ1v) is 12.6. The molecular formula is C21H14F6N2O6S2. The van der Waals surface area contributed by atoms with Crippen molar-refractivity contribution in [2.45, 2.75) is 22.1 Å². The Labute approximate surface area is 205 Å². The number of nitrogens with one attached hydrogen (secondary N) is 2. The highest BCUT2D eigenvalue weighted by atomic mass is 32.2. The maximum atomic E-state index is 12.8. The zero-order chi connectivity index (χ0) is 27.8. The van der Waals surface area contributed by atoms with E-state index < -0.39 is 76.2 Å². The highest BCUT2D eigenvalue weighted by Crippen LogP contribution is 2.33. The largest absolute Gasteiger partial charge is 0.478 e. The van der Waals surface area contributed by atoms with Gasteiger partial charge in [0.25, 0.3) is 20.0 Å². The maximum absolute atomic E-state index is 12.8. The van der Waals surface area contributed by atoms with E-state index in [0.29, 0.717) is 48.5 Å². The van der Waals surface area contributed by atoms with Crippen molar-refractivity contribution in [1.82, 2.24) is 0 Å². The number of carbonyl (C=O) groups is 1. The Morgan fingerprint density at radius 3 is 1.35 bits per heavy atom. The predicted molar refractivity (Wildman–Crippen MR) is 118 cm³/mol. The second-order valence-corrected chi connectivity index (χ2v) is 10.7. The molecule has 0 unspecified atom stereocenters. The van der Waals surface area contributed by atoms with E-state index in [9.17, 15) is 53.1 Å². The Morgan fingerprint density at radius 1 is 0.622 bits per heavy atom. The number of aromatic carboxylic acids is 1. The van der Waals surface area contributed by atoms with Crippen LogP contribution in [0.4, 0.5) is 37.7 Å². The molecule has 3 aromatic carbocycles. The van der Waals surface area contributed by atoms with Crippen molar-refractivity contribution in [3.05, 3.63) is 83.4 Å². The molecule has 198 valence electrons. The van der Waals surface area contributed by atoms with Crippen molar-refractivity contribution < 1.29 is 53.1 Å². The summed E-state index contributed by atoms with van der Waals surface area (Å²) in [5, 5.41) is 9.21. The normalized spacial score (nSPS) is 12.7. The lowest BCUT2D eigenvalue weighted by Gasteiger charge is -2.16. The minimum Gasteiger partial charge on any atom is -0.478 e. The predicted octanol–water partition coefficient (Wildman–Crippen LogP) is 5.02. The first kappa shape index (κ1) is 27.8. The number of benzene rings is 3. The quantitative estimate of drug-likeness (QED) is 0.343. The number of rotatable bonds is 7. The second kappa shape index (κ2) is 9.59. The zero-order valence-corrected chi connectivity index (χ0v) is 19.6. The van der Waals surface area contributed by atoms with Crippen LogP contribution in [-0.2, 0) is 32.4 Å². The molecule has 0 fully saturated rings. The fourth-order valence-corrected chi connectivity index (χ4v) is 5.05. The van der Waals surface area contributed by atoms with Crippen LogP contribution in [0.1, 0.15) is 21.5 Å². The number of hydrogen-bond donors (Lipinski definition) is 3. The summed E-state index contributed by atoms with van der Waals surface area (Å²) < 4.78 is 131. The highest BCUT2D eigenvalue weighted by Gasteiger charge is 2.32. The smallest absolute Gasteiger partial charge is 0.416 e. The van der Waals surface area contributed by atoms with Crippen LogP contribution in [0.5, 0.6) is 0 Å². The fraction of sp³-hybridized carbons (Fsp3) is 0.0952. The molecule has 3 N–H and O–H groups in total. The number of halogens is 6. The van der Waals surface area contributed by atoms with Gasteiger partial charge in [0.1, 0.15) is 0 Å². The van der Waals surface area contributed by atoms with E-state index in [1.165, 1.54) is 0 Å². The molecule has 0 aliphatic heterocycles. The molecule has 16 heteroatoms. The van der Waals surface area contributed by atoms with Crippen molar-refractivity contribution >= 4 is 37.4 Å². The molecule has 0 saturated carbocycles. The number of alkyl halides is 6. The van der Waals surface area contributed by atoms with Crippen LogP contribution in [0.3, 0.4) is 0 Å². The van der Waals surface area contributed by atoms with Gasteiger partial charge in [-0.25, -0.2) is 21.6 Å². The van der Waals surface area contributed by atoms with Gasteiger partial charge in [0.2, 0.25) is 0 Å². The van der Waals surface area contributed by atoms with Gasteiger partial charge in [-0.05, 0) is 66.7 Å². The molecule has 0 spiro atoms. The lowest BCUT2D eigenvalue weighted by Crippen LogP contribution is -2.18. The van der Waals surface area contributed by atoms with Crippen LogP contribution < -0.4 is 9.44 Å². The topological polar surface area (TPSA) is 130 Å². The van der Waals surface area contributed by atoms with Crippen molar-refractivity contribution in [1.29, 1.82) is 0 Å². The van der Waals surface area contributed by atoms with Gasteiger partial charge in [0.05, 0.1) is 37.9 Å². The fourth-order valence-electron chi connectivity index (χ4n) is 2.90. The van der Waals surface area contributed by atoms with Gasteiger partial charge in [0.15, 0.2) is 0 Å². The average molecular weight is 568 g/mol. The van der Waals surface area contributed by atoms with Crippen LogP contribution in [0.2, 0.25) is 0 Å². The summed E-state index contributed by atoms with van der Waals surface area (Å²) in [6, 6.07) is 7.15. The molecule has 0 aliphatic carbocycles. The number of sulfonamides is 2. The number of carboxylic acid groups (broad SMARTS) is 1. The van der Waals surface area contributed by atoms with E-state index in [0.717, 1.165) is 18.2 Å². The zero-order valence-electron chi connectivity index (χ0n) is 17.9. The molecule has 3 rings (SSSR count). The van der Waals surface area contributed by atoms with Gasteiger partial charge in [-0.3, -0.25) is 9.44 Å². The molecule has 37 heavy (non-hydrogen) atoms. The third-order valence-electron chi connectivity index (χ3n) is 4.74. The van der Waals surface area contributed by atoms with Crippen LogP contribution in [-0.4, -0.2) is 27.9 Å². The Balaban J connectivity index is 1.98. The van der Waals surface area contributed by atoms with E-state index >= 15 is 0 Å². The van der Waals surface area contributed by atoms with E-state index in [2.05, 4.69) is 0 Å². The van der Waals surface area contributed by atoms with Gasteiger partial charge < -0.3 is 5.11 Å². The Morgan fingerprint density at radius 2 is 1.00 bits per heavy atom. The van der Waals surface area contributed by atoms with E-state index in [1.54, 1.807) is 0 Å². The molecule has 0 aromatic heterocycles. The van der Waals surface area contributed by atoms with E-state index in [-0.39, 0.29) is 0 Å². The third kappa shape index (κ3) is 6.51. The highest BCUT2D eigenvalue weighted by molar-refractivity contribution is 7.93. The summed E-state index contributed by atoms with van der Waals surface area (Å²) >= 11 is 0. The van der Waals surface area contributed by atoms with Gasteiger partial charge in [-0.2, -0.15) is 26.3 Å². The molecule has 0 aliphatic rings. The lowest BCUT2D eigenvalue weighted by atomic mass is 10.2. The molecule has 0 radical (unpaired) electrons. The van der Waals surface area contributed by atoms with Gasteiger partial charge >= 0.3 is 18.3 Å². The number of hydrogen-bond acceptors (Lipinski definition) is 5. The summed E-state index contributed by atoms with van der Waals surface area (Å²) in [5.74, 6) is -1.52. The molecule has 0 saturated heterocycles. The third-order valence-corrected chi connectivity index (χ3v) is 7.50. The Bertz CT molecular complexity index is 1530. The summed E-state index contributed by atoms with van der Waals surface area (Å²) in [6.45, 7) is 0. The SMILES string of the molecule is O=C(O)c1ccc(NS(=O)(=O)c2ccc(C(F)(F)F)cc2)c(NS(=O)(=O)c2ccc(C(F)(F)F)cc2)c1. The molecule has 0 atom stereocenters. The molecule has 0 amide bonds. The molecule has 3 aromatic rings. The van der Waals surface area contributed by atoms with Crippen molar-refractivity contribution in [3.63, 3.8) is 0 Å². The number of anilines is 2. The Kier molecular flexibility index (Phi) is 7.20. The summed E-state index contributed by atoms with van der Waals surface area (Å²) in [4.78, 5) is 10.1. The summed E-state index contributed by atoms with van der Waals surface area (Å²) in [5.41, 5.74) is -3.87.